The van der Waals surface area contributed by atoms with Crippen LogP contribution in [0.25, 0.3) is 0 Å². The third-order valence-corrected chi connectivity index (χ3v) is 6.55. The van der Waals surface area contributed by atoms with Gasteiger partial charge in [-0.25, -0.2) is 0 Å². The summed E-state index contributed by atoms with van der Waals surface area (Å²) >= 11 is 0. The lowest BCUT2D eigenvalue weighted by atomic mass is 9.85. The van der Waals surface area contributed by atoms with Gasteiger partial charge in [0, 0.05) is 19.1 Å². The summed E-state index contributed by atoms with van der Waals surface area (Å²) in [6.45, 7) is 2.53. The molecule has 0 aromatic heterocycles. The van der Waals surface area contributed by atoms with Gasteiger partial charge < -0.3 is 5.11 Å². The van der Waals surface area contributed by atoms with Crippen LogP contribution in [0, 0.1) is 11.8 Å². The van der Waals surface area contributed by atoms with E-state index >= 15 is 0 Å². The number of hydrogen-bond acceptors (Lipinski definition) is 3. The lowest BCUT2D eigenvalue weighted by molar-refractivity contribution is -0.142. The number of rotatable bonds is 5. The molecule has 0 radical (unpaired) electrons. The average Bonchev–Trinajstić information content (AvgIpc) is 2.48. The number of piperidine rings is 1. The Morgan fingerprint density at radius 3 is 2.24 bits per heavy atom. The molecule has 0 spiro atoms. The first-order valence-electron chi connectivity index (χ1n) is 7.90. The predicted molar refractivity (Wildman–Crippen MR) is 80.0 cm³/mol. The van der Waals surface area contributed by atoms with Gasteiger partial charge in [0.25, 0.3) is 10.2 Å². The molecule has 0 bridgehead atoms. The van der Waals surface area contributed by atoms with Crippen molar-refractivity contribution in [3.05, 3.63) is 0 Å². The van der Waals surface area contributed by atoms with Crippen LogP contribution in [-0.4, -0.2) is 42.9 Å². The fourth-order valence-electron chi connectivity index (χ4n) is 3.38. The summed E-state index contributed by atoms with van der Waals surface area (Å²) in [5.41, 5.74) is 0. The average molecular weight is 318 g/mol. The van der Waals surface area contributed by atoms with Crippen LogP contribution in [0.1, 0.15) is 51.9 Å². The van der Waals surface area contributed by atoms with Crippen molar-refractivity contribution in [3.8, 4) is 0 Å². The monoisotopic (exact) mass is 318 g/mol. The molecule has 21 heavy (non-hydrogen) atoms. The maximum absolute atomic E-state index is 12.4. The number of aliphatic carboxylic acids is 1. The molecular weight excluding hydrogens is 292 g/mol. The Balaban J connectivity index is 1.88. The summed E-state index contributed by atoms with van der Waals surface area (Å²) in [6, 6.07) is -0.0486. The standard InChI is InChI=1S/C14H26N2O4S/c1-11(12-5-3-2-4-6-12)15-21(19,20)16-9-7-13(8-10-16)14(17)18/h11-13,15H,2-10H2,1H3,(H,17,18)/t11-/m1/s1. The molecule has 2 N–H and O–H groups in total. The van der Waals surface area contributed by atoms with E-state index in [0.29, 0.717) is 31.8 Å². The van der Waals surface area contributed by atoms with E-state index in [1.807, 2.05) is 6.92 Å². The van der Waals surface area contributed by atoms with Crippen molar-refractivity contribution in [2.45, 2.75) is 57.9 Å². The van der Waals surface area contributed by atoms with Crippen LogP contribution in [0.5, 0.6) is 0 Å². The number of carboxylic acids is 1. The van der Waals surface area contributed by atoms with E-state index in [1.54, 1.807) is 0 Å². The van der Waals surface area contributed by atoms with Crippen molar-refractivity contribution in [1.82, 2.24) is 9.03 Å². The SMILES string of the molecule is C[C@@H](NS(=O)(=O)N1CCC(C(=O)O)CC1)C1CCCCC1. The Kier molecular flexibility index (Phi) is 5.62. The van der Waals surface area contributed by atoms with Crippen LogP contribution >= 0.6 is 0 Å². The number of carbonyl (C=O) groups is 1. The lowest BCUT2D eigenvalue weighted by Gasteiger charge is -2.33. The molecule has 1 atom stereocenters. The summed E-state index contributed by atoms with van der Waals surface area (Å²) in [5, 5.41) is 8.96. The normalized spacial score (nSPS) is 24.8. The van der Waals surface area contributed by atoms with E-state index in [2.05, 4.69) is 4.72 Å². The third-order valence-electron chi connectivity index (χ3n) is 4.83. The van der Waals surface area contributed by atoms with Crippen LogP contribution in [0.4, 0.5) is 0 Å². The molecule has 1 saturated heterocycles. The Morgan fingerprint density at radius 1 is 1.14 bits per heavy atom. The molecule has 1 aliphatic heterocycles. The minimum atomic E-state index is -3.49. The van der Waals surface area contributed by atoms with Gasteiger partial charge in [0.1, 0.15) is 0 Å². The molecule has 2 fully saturated rings. The van der Waals surface area contributed by atoms with E-state index in [9.17, 15) is 13.2 Å². The molecule has 2 aliphatic rings. The highest BCUT2D eigenvalue weighted by atomic mass is 32.2. The number of nitrogens with one attached hydrogen (secondary N) is 1. The van der Waals surface area contributed by atoms with Gasteiger partial charge in [-0.15, -0.1) is 0 Å². The zero-order valence-electron chi connectivity index (χ0n) is 12.6. The summed E-state index contributed by atoms with van der Waals surface area (Å²) in [6.07, 6.45) is 6.58. The van der Waals surface area contributed by atoms with Gasteiger partial charge >= 0.3 is 5.97 Å². The molecular formula is C14H26N2O4S. The van der Waals surface area contributed by atoms with Crippen molar-refractivity contribution in [2.24, 2.45) is 11.8 Å². The highest BCUT2D eigenvalue weighted by molar-refractivity contribution is 7.87. The Morgan fingerprint density at radius 2 is 1.71 bits per heavy atom. The first-order valence-corrected chi connectivity index (χ1v) is 9.34. The minimum Gasteiger partial charge on any atom is -0.481 e. The molecule has 0 unspecified atom stereocenters. The molecule has 1 saturated carbocycles. The van der Waals surface area contributed by atoms with Crippen LogP contribution in [0.2, 0.25) is 0 Å². The van der Waals surface area contributed by atoms with Gasteiger partial charge in [0.05, 0.1) is 5.92 Å². The van der Waals surface area contributed by atoms with Crippen LogP contribution in [0.15, 0.2) is 0 Å². The fourth-order valence-corrected chi connectivity index (χ4v) is 4.89. The first kappa shape index (κ1) is 16.7. The van der Waals surface area contributed by atoms with Crippen molar-refractivity contribution in [3.63, 3.8) is 0 Å². The van der Waals surface area contributed by atoms with Crippen LogP contribution in [-0.2, 0) is 15.0 Å². The second-order valence-electron chi connectivity index (χ2n) is 6.32. The van der Waals surface area contributed by atoms with E-state index in [-0.39, 0.29) is 6.04 Å². The Labute approximate surface area is 127 Å². The van der Waals surface area contributed by atoms with Crippen molar-refractivity contribution in [1.29, 1.82) is 0 Å². The highest BCUT2D eigenvalue weighted by Gasteiger charge is 2.33. The maximum atomic E-state index is 12.4. The van der Waals surface area contributed by atoms with Gasteiger partial charge in [-0.2, -0.15) is 17.4 Å². The van der Waals surface area contributed by atoms with E-state index < -0.39 is 22.1 Å². The second-order valence-corrected chi connectivity index (χ2v) is 8.02. The maximum Gasteiger partial charge on any atom is 0.306 e. The first-order chi connectivity index (χ1) is 9.90. The summed E-state index contributed by atoms with van der Waals surface area (Å²) in [7, 11) is -3.49. The topological polar surface area (TPSA) is 86.7 Å². The summed E-state index contributed by atoms with van der Waals surface area (Å²) in [5.74, 6) is -0.812. The zero-order valence-corrected chi connectivity index (χ0v) is 13.4. The minimum absolute atomic E-state index is 0.0486. The van der Waals surface area contributed by atoms with E-state index in [0.717, 1.165) is 12.8 Å². The van der Waals surface area contributed by atoms with Crippen LogP contribution < -0.4 is 4.72 Å². The Hall–Kier alpha value is -0.660. The van der Waals surface area contributed by atoms with Gasteiger partial charge in [0.2, 0.25) is 0 Å². The molecule has 122 valence electrons. The highest BCUT2D eigenvalue weighted by Crippen LogP contribution is 2.27. The molecule has 6 nitrogen and oxygen atoms in total. The van der Waals surface area contributed by atoms with E-state index in [1.165, 1.54) is 23.6 Å². The smallest absolute Gasteiger partial charge is 0.306 e. The molecule has 2 rings (SSSR count). The molecule has 0 amide bonds. The zero-order chi connectivity index (χ0) is 15.5. The van der Waals surface area contributed by atoms with Gasteiger partial charge in [-0.05, 0) is 38.5 Å². The van der Waals surface area contributed by atoms with Gasteiger partial charge in [-0.1, -0.05) is 19.3 Å². The van der Waals surface area contributed by atoms with Gasteiger partial charge in [0.15, 0.2) is 0 Å². The van der Waals surface area contributed by atoms with Crippen molar-refractivity contribution >= 4 is 16.2 Å². The molecule has 1 aliphatic carbocycles. The quantitative estimate of drug-likeness (QED) is 0.806. The summed E-state index contributed by atoms with van der Waals surface area (Å²) < 4.78 is 29.0. The fraction of sp³-hybridized carbons (Fsp3) is 0.929. The molecule has 7 heteroatoms. The van der Waals surface area contributed by atoms with Crippen LogP contribution in [0.3, 0.4) is 0 Å². The largest absolute Gasteiger partial charge is 0.481 e. The predicted octanol–water partition coefficient (Wildman–Crippen LogP) is 1.59. The molecule has 0 aromatic carbocycles. The number of carboxylic acid groups (broad SMARTS) is 1. The number of hydrogen-bond donors (Lipinski definition) is 2. The van der Waals surface area contributed by atoms with Crippen molar-refractivity contribution < 1.29 is 18.3 Å². The molecule has 1 heterocycles. The van der Waals surface area contributed by atoms with E-state index in [4.69, 9.17) is 5.11 Å². The second kappa shape index (κ2) is 7.07. The van der Waals surface area contributed by atoms with Gasteiger partial charge in [-0.3, -0.25) is 4.79 Å². The Bertz CT molecular complexity index is 452. The summed E-state index contributed by atoms with van der Waals surface area (Å²) in [4.78, 5) is 10.9. The van der Waals surface area contributed by atoms with Crippen molar-refractivity contribution in [2.75, 3.05) is 13.1 Å². The lowest BCUT2D eigenvalue weighted by Crippen LogP contribution is -2.50. The number of nitrogens with zero attached hydrogens (tertiary/aromatic N) is 1. The molecule has 0 aromatic rings. The third kappa shape index (κ3) is 4.40.